The molecule has 0 aromatic heterocycles. The van der Waals surface area contributed by atoms with Gasteiger partial charge in [0.15, 0.2) is 10.4 Å². The van der Waals surface area contributed by atoms with Gasteiger partial charge in [0.1, 0.15) is 5.75 Å². The van der Waals surface area contributed by atoms with Gasteiger partial charge in [0.2, 0.25) is 0 Å². The van der Waals surface area contributed by atoms with Crippen LogP contribution in [0.4, 0.5) is 5.69 Å². The third-order valence-electron chi connectivity index (χ3n) is 3.70. The lowest BCUT2D eigenvalue weighted by Crippen LogP contribution is -2.27. The van der Waals surface area contributed by atoms with Crippen molar-refractivity contribution in [3.05, 3.63) is 63.5 Å². The van der Waals surface area contributed by atoms with Crippen LogP contribution in [-0.4, -0.2) is 27.4 Å². The van der Waals surface area contributed by atoms with Crippen LogP contribution in [0.25, 0.3) is 6.08 Å². The number of carboxylic acids is 1. The Labute approximate surface area is 174 Å². The molecule has 1 N–H and O–H groups in total. The number of nitrogens with zero attached hydrogens (tertiary/aromatic N) is 1. The van der Waals surface area contributed by atoms with E-state index in [4.69, 9.17) is 22.1 Å². The monoisotopic (exact) mass is 463 g/mol. The summed E-state index contributed by atoms with van der Waals surface area (Å²) < 4.78 is 6.64. The second-order valence-corrected chi connectivity index (χ2v) is 8.26. The Kier molecular flexibility index (Phi) is 5.98. The minimum absolute atomic E-state index is 0.178. The highest BCUT2D eigenvalue weighted by Gasteiger charge is 2.33. The fourth-order valence-electron chi connectivity index (χ4n) is 2.35. The normalized spacial score (nSPS) is 16.7. The number of anilines is 1. The van der Waals surface area contributed by atoms with Gasteiger partial charge in [0.05, 0.1) is 10.6 Å². The fraction of sp³-hybridized carbons (Fsp3) is 0.105. The Bertz CT molecular complexity index is 943. The summed E-state index contributed by atoms with van der Waals surface area (Å²) in [4.78, 5) is 25.6. The number of carbonyl (C=O) groups excluding carboxylic acids is 1. The molecule has 1 fully saturated rings. The molecule has 1 heterocycles. The van der Waals surface area contributed by atoms with Gasteiger partial charge >= 0.3 is 5.97 Å². The highest BCUT2D eigenvalue weighted by atomic mass is 79.9. The Morgan fingerprint density at radius 1 is 1.30 bits per heavy atom. The molecule has 0 radical (unpaired) electrons. The van der Waals surface area contributed by atoms with Gasteiger partial charge in [-0.2, -0.15) is 0 Å². The third kappa shape index (κ3) is 4.58. The predicted molar refractivity (Wildman–Crippen MR) is 114 cm³/mol. The van der Waals surface area contributed by atoms with E-state index in [2.05, 4.69) is 15.9 Å². The lowest BCUT2D eigenvalue weighted by atomic mass is 10.2. The molecular formula is C19H14BrNO4S2. The smallest absolute Gasteiger partial charge is 0.344 e. The summed E-state index contributed by atoms with van der Waals surface area (Å²) in [5.41, 5.74) is 1.50. The van der Waals surface area contributed by atoms with Crippen LogP contribution in [0, 0.1) is 0 Å². The second-order valence-electron chi connectivity index (χ2n) is 5.66. The van der Waals surface area contributed by atoms with Crippen molar-refractivity contribution in [1.29, 1.82) is 0 Å². The molecule has 8 heteroatoms. The third-order valence-corrected chi connectivity index (χ3v) is 5.49. The number of thiocarbonyl (C=S) groups is 1. The van der Waals surface area contributed by atoms with Gasteiger partial charge in [-0.25, -0.2) is 4.79 Å². The summed E-state index contributed by atoms with van der Waals surface area (Å²) in [6, 6.07) is 14.2. The first kappa shape index (κ1) is 19.6. The first-order valence-corrected chi connectivity index (χ1v) is 9.90. The van der Waals surface area contributed by atoms with E-state index in [1.807, 2.05) is 24.3 Å². The molecule has 1 saturated heterocycles. The fourth-order valence-corrected chi connectivity index (χ4v) is 4.04. The molecule has 2 aromatic carbocycles. The van der Waals surface area contributed by atoms with Crippen molar-refractivity contribution in [3.63, 3.8) is 0 Å². The Morgan fingerprint density at radius 3 is 2.63 bits per heavy atom. The summed E-state index contributed by atoms with van der Waals surface area (Å²) in [6.07, 6.45) is 0.819. The van der Waals surface area contributed by atoms with Crippen LogP contribution in [0.3, 0.4) is 0 Å². The van der Waals surface area contributed by atoms with Crippen molar-refractivity contribution < 1.29 is 19.4 Å². The van der Waals surface area contributed by atoms with Crippen LogP contribution in [0.2, 0.25) is 0 Å². The molecule has 2 aromatic rings. The van der Waals surface area contributed by atoms with Crippen molar-refractivity contribution in [2.45, 2.75) is 13.0 Å². The lowest BCUT2D eigenvalue weighted by Gasteiger charge is -2.14. The van der Waals surface area contributed by atoms with Crippen molar-refractivity contribution >= 4 is 67.9 Å². The maximum absolute atomic E-state index is 12.8. The van der Waals surface area contributed by atoms with E-state index in [9.17, 15) is 9.59 Å². The first-order valence-electron chi connectivity index (χ1n) is 7.88. The van der Waals surface area contributed by atoms with Gasteiger partial charge in [-0.3, -0.25) is 9.69 Å². The summed E-state index contributed by atoms with van der Waals surface area (Å²) >= 11 is 10.0. The summed E-state index contributed by atoms with van der Waals surface area (Å²) in [6.45, 7) is 1.46. The van der Waals surface area contributed by atoms with E-state index in [-0.39, 0.29) is 5.91 Å². The molecule has 1 aliphatic heterocycles. The quantitative estimate of drug-likeness (QED) is 0.511. The largest absolute Gasteiger partial charge is 0.479 e. The Morgan fingerprint density at radius 2 is 2.00 bits per heavy atom. The molecule has 27 heavy (non-hydrogen) atoms. The highest BCUT2D eigenvalue weighted by Crippen LogP contribution is 2.36. The van der Waals surface area contributed by atoms with E-state index < -0.39 is 12.1 Å². The summed E-state index contributed by atoms with van der Waals surface area (Å²) in [5.74, 6) is -0.762. The predicted octanol–water partition coefficient (Wildman–Crippen LogP) is 4.71. The van der Waals surface area contributed by atoms with E-state index in [0.29, 0.717) is 20.7 Å². The van der Waals surface area contributed by atoms with E-state index in [1.165, 1.54) is 23.6 Å². The molecule has 1 atom stereocenters. The van der Waals surface area contributed by atoms with Gasteiger partial charge < -0.3 is 9.84 Å². The van der Waals surface area contributed by atoms with E-state index in [1.54, 1.807) is 30.3 Å². The topological polar surface area (TPSA) is 66.8 Å². The summed E-state index contributed by atoms with van der Waals surface area (Å²) in [5, 5.41) is 8.88. The first-order chi connectivity index (χ1) is 12.8. The molecule has 1 unspecified atom stereocenters. The molecule has 1 amide bonds. The lowest BCUT2D eigenvalue weighted by molar-refractivity contribution is -0.144. The maximum Gasteiger partial charge on any atom is 0.344 e. The van der Waals surface area contributed by atoms with Gasteiger partial charge in [-0.15, -0.1) is 0 Å². The average molecular weight is 464 g/mol. The SMILES string of the molecule is CC(Oc1ccc(/C=C2/SC(=S)N(c3cccc(Br)c3)C2=O)cc1)C(=O)O. The zero-order valence-electron chi connectivity index (χ0n) is 14.1. The molecule has 0 bridgehead atoms. The van der Waals surface area contributed by atoms with Crippen LogP contribution in [0.5, 0.6) is 5.75 Å². The molecule has 0 aliphatic carbocycles. The molecule has 0 spiro atoms. The van der Waals surface area contributed by atoms with Crippen LogP contribution >= 0.6 is 39.9 Å². The highest BCUT2D eigenvalue weighted by molar-refractivity contribution is 9.10. The second kappa shape index (κ2) is 8.24. The maximum atomic E-state index is 12.8. The van der Waals surface area contributed by atoms with Crippen LogP contribution in [-0.2, 0) is 9.59 Å². The van der Waals surface area contributed by atoms with Gasteiger partial charge in [0, 0.05) is 4.47 Å². The average Bonchev–Trinajstić information content (AvgIpc) is 2.90. The van der Waals surface area contributed by atoms with Crippen molar-refractivity contribution in [2.75, 3.05) is 4.90 Å². The molecule has 5 nitrogen and oxygen atoms in total. The number of hydrogen-bond donors (Lipinski definition) is 1. The molecule has 138 valence electrons. The van der Waals surface area contributed by atoms with Crippen LogP contribution in [0.1, 0.15) is 12.5 Å². The number of carboxylic acid groups (broad SMARTS) is 1. The Balaban J connectivity index is 1.78. The number of hydrogen-bond acceptors (Lipinski definition) is 5. The summed E-state index contributed by atoms with van der Waals surface area (Å²) in [7, 11) is 0. The van der Waals surface area contributed by atoms with Gasteiger partial charge in [-0.05, 0) is 48.9 Å². The standard InChI is InChI=1S/C19H14BrNO4S2/c1-11(18(23)24)25-15-7-5-12(6-8-15)9-16-17(22)21(19(26)27-16)14-4-2-3-13(20)10-14/h2-11H,1H3,(H,23,24)/b16-9+. The number of ether oxygens (including phenoxy) is 1. The Hall–Kier alpha value is -2.16. The van der Waals surface area contributed by atoms with Crippen LogP contribution in [0.15, 0.2) is 57.9 Å². The molecular weight excluding hydrogens is 450 g/mol. The van der Waals surface area contributed by atoms with Crippen LogP contribution < -0.4 is 9.64 Å². The minimum Gasteiger partial charge on any atom is -0.479 e. The number of benzene rings is 2. The van der Waals surface area contributed by atoms with E-state index in [0.717, 1.165) is 10.0 Å². The van der Waals surface area contributed by atoms with Crippen molar-refractivity contribution in [2.24, 2.45) is 0 Å². The number of aliphatic carboxylic acids is 1. The zero-order chi connectivity index (χ0) is 19.6. The number of halogens is 1. The molecule has 1 aliphatic rings. The molecule has 0 saturated carbocycles. The zero-order valence-corrected chi connectivity index (χ0v) is 17.3. The number of amides is 1. The van der Waals surface area contributed by atoms with Gasteiger partial charge in [0.25, 0.3) is 5.91 Å². The number of rotatable bonds is 5. The van der Waals surface area contributed by atoms with E-state index >= 15 is 0 Å². The number of carbonyl (C=O) groups is 2. The van der Waals surface area contributed by atoms with Crippen molar-refractivity contribution in [1.82, 2.24) is 0 Å². The van der Waals surface area contributed by atoms with Crippen molar-refractivity contribution in [3.8, 4) is 5.75 Å². The molecule has 3 rings (SSSR count). The van der Waals surface area contributed by atoms with Gasteiger partial charge in [-0.1, -0.05) is 58.1 Å². The number of thioether (sulfide) groups is 1. The minimum atomic E-state index is -1.03.